The molecule has 0 aliphatic heterocycles. The summed E-state index contributed by atoms with van der Waals surface area (Å²) >= 11 is 1.74. The van der Waals surface area contributed by atoms with E-state index >= 15 is 0 Å². The topological polar surface area (TPSA) is 37.8 Å². The van der Waals surface area contributed by atoms with Gasteiger partial charge in [-0.3, -0.25) is 0 Å². The summed E-state index contributed by atoms with van der Waals surface area (Å²) in [6, 6.07) is 10.4. The first-order chi connectivity index (χ1) is 9.22. The van der Waals surface area contributed by atoms with Crippen LogP contribution in [0.15, 0.2) is 35.2 Å². The van der Waals surface area contributed by atoms with Crippen molar-refractivity contribution < 1.29 is 0 Å². The van der Waals surface area contributed by atoms with Gasteiger partial charge in [-0.1, -0.05) is 19.1 Å². The second kappa shape index (κ2) is 6.68. The van der Waals surface area contributed by atoms with Crippen molar-refractivity contribution in [1.82, 2.24) is 15.3 Å². The van der Waals surface area contributed by atoms with E-state index in [0.717, 1.165) is 35.9 Å². The molecular weight excluding hydrogens is 254 g/mol. The molecule has 100 valence electrons. The predicted octanol–water partition coefficient (Wildman–Crippen LogP) is 3.28. The van der Waals surface area contributed by atoms with Gasteiger partial charge in [-0.25, -0.2) is 9.97 Å². The number of aryl methyl sites for hydroxylation is 1. The molecule has 0 aliphatic carbocycles. The molecule has 0 saturated heterocycles. The summed E-state index contributed by atoms with van der Waals surface area (Å²) in [4.78, 5) is 10.4. The molecule has 2 aromatic rings. The first-order valence-electron chi connectivity index (χ1n) is 6.42. The molecule has 1 N–H and O–H groups in total. The second-order valence-electron chi connectivity index (χ2n) is 4.33. The minimum atomic E-state index is 0.787. The van der Waals surface area contributed by atoms with E-state index in [-0.39, 0.29) is 0 Å². The second-order valence-corrected chi connectivity index (χ2v) is 5.21. The summed E-state index contributed by atoms with van der Waals surface area (Å²) in [5, 5.41) is 3.30. The average Bonchev–Trinajstić information content (AvgIpc) is 2.44. The zero-order chi connectivity index (χ0) is 13.7. The van der Waals surface area contributed by atoms with E-state index in [1.807, 2.05) is 13.0 Å². The molecule has 0 spiro atoms. The molecule has 0 bridgehead atoms. The number of hydrogen-bond acceptors (Lipinski definition) is 4. The average molecular weight is 273 g/mol. The van der Waals surface area contributed by atoms with Crippen molar-refractivity contribution in [3.63, 3.8) is 0 Å². The Morgan fingerprint density at radius 2 is 1.89 bits per heavy atom. The van der Waals surface area contributed by atoms with Crippen molar-refractivity contribution in [2.75, 3.05) is 12.8 Å². The van der Waals surface area contributed by atoms with Gasteiger partial charge < -0.3 is 5.32 Å². The monoisotopic (exact) mass is 273 g/mol. The molecule has 0 fully saturated rings. The third kappa shape index (κ3) is 3.78. The first kappa shape index (κ1) is 14.0. The molecule has 1 heterocycles. The summed E-state index contributed by atoms with van der Waals surface area (Å²) in [5.74, 6) is 0.806. The van der Waals surface area contributed by atoms with E-state index in [1.165, 1.54) is 4.90 Å². The van der Waals surface area contributed by atoms with E-state index in [9.17, 15) is 0 Å². The number of thioether (sulfide) groups is 1. The van der Waals surface area contributed by atoms with E-state index in [2.05, 4.69) is 52.7 Å². The lowest BCUT2D eigenvalue weighted by Gasteiger charge is -2.07. The van der Waals surface area contributed by atoms with E-state index in [4.69, 9.17) is 0 Å². The Labute approximate surface area is 118 Å². The van der Waals surface area contributed by atoms with Crippen molar-refractivity contribution >= 4 is 11.8 Å². The molecule has 0 atom stereocenters. The zero-order valence-corrected chi connectivity index (χ0v) is 12.4. The van der Waals surface area contributed by atoms with Crippen LogP contribution >= 0.6 is 11.8 Å². The predicted molar refractivity (Wildman–Crippen MR) is 81.4 cm³/mol. The van der Waals surface area contributed by atoms with Gasteiger partial charge in [0.2, 0.25) is 0 Å². The third-order valence-electron chi connectivity index (χ3n) is 2.81. The van der Waals surface area contributed by atoms with E-state index < -0.39 is 0 Å². The van der Waals surface area contributed by atoms with Crippen LogP contribution in [-0.2, 0) is 6.54 Å². The van der Waals surface area contributed by atoms with Crippen LogP contribution < -0.4 is 5.32 Å². The van der Waals surface area contributed by atoms with Crippen LogP contribution in [0.5, 0.6) is 0 Å². The van der Waals surface area contributed by atoms with Gasteiger partial charge in [-0.15, -0.1) is 11.8 Å². The fraction of sp³-hybridized carbons (Fsp3) is 0.333. The standard InChI is InChI=1S/C15H19N3S/c1-4-16-10-13-9-11(2)17-15(18-13)12-5-7-14(19-3)8-6-12/h5-9,16H,4,10H2,1-3H3. The van der Waals surface area contributed by atoms with Crippen molar-refractivity contribution in [2.45, 2.75) is 25.3 Å². The SMILES string of the molecule is CCNCc1cc(C)nc(-c2ccc(SC)cc2)n1. The minimum absolute atomic E-state index is 0.787. The molecule has 1 aromatic carbocycles. The number of hydrogen-bond donors (Lipinski definition) is 1. The summed E-state index contributed by atoms with van der Waals surface area (Å²) < 4.78 is 0. The Morgan fingerprint density at radius 3 is 2.53 bits per heavy atom. The highest BCUT2D eigenvalue weighted by molar-refractivity contribution is 7.98. The highest BCUT2D eigenvalue weighted by Gasteiger charge is 2.05. The van der Waals surface area contributed by atoms with Crippen molar-refractivity contribution in [3.8, 4) is 11.4 Å². The largest absolute Gasteiger partial charge is 0.311 e. The third-order valence-corrected chi connectivity index (χ3v) is 3.56. The molecular formula is C15H19N3S. The van der Waals surface area contributed by atoms with Gasteiger partial charge in [0.25, 0.3) is 0 Å². The Balaban J connectivity index is 2.29. The molecule has 0 saturated carbocycles. The number of aromatic nitrogens is 2. The Hall–Kier alpha value is -1.39. The summed E-state index contributed by atoms with van der Waals surface area (Å²) in [6.45, 7) is 5.84. The van der Waals surface area contributed by atoms with Gasteiger partial charge in [0.05, 0.1) is 5.69 Å². The highest BCUT2D eigenvalue weighted by Crippen LogP contribution is 2.20. The molecule has 0 unspecified atom stereocenters. The fourth-order valence-corrected chi connectivity index (χ4v) is 2.25. The van der Waals surface area contributed by atoms with Crippen LogP contribution in [0.1, 0.15) is 18.3 Å². The maximum atomic E-state index is 4.62. The van der Waals surface area contributed by atoms with Gasteiger partial charge in [0.1, 0.15) is 0 Å². The lowest BCUT2D eigenvalue weighted by atomic mass is 10.2. The summed E-state index contributed by atoms with van der Waals surface area (Å²) in [5.41, 5.74) is 3.12. The van der Waals surface area contributed by atoms with Gasteiger partial charge in [0, 0.05) is 22.7 Å². The minimum Gasteiger partial charge on any atom is -0.311 e. The molecule has 19 heavy (non-hydrogen) atoms. The quantitative estimate of drug-likeness (QED) is 0.848. The molecule has 0 aliphatic rings. The fourth-order valence-electron chi connectivity index (χ4n) is 1.85. The molecule has 3 nitrogen and oxygen atoms in total. The van der Waals surface area contributed by atoms with Crippen LogP contribution in [0, 0.1) is 6.92 Å². The molecule has 2 rings (SSSR count). The lowest BCUT2D eigenvalue weighted by Crippen LogP contribution is -2.13. The number of nitrogens with one attached hydrogen (secondary N) is 1. The van der Waals surface area contributed by atoms with Crippen LogP contribution in [0.25, 0.3) is 11.4 Å². The molecule has 0 radical (unpaired) electrons. The van der Waals surface area contributed by atoms with Crippen molar-refractivity contribution in [2.24, 2.45) is 0 Å². The molecule has 1 aromatic heterocycles. The van der Waals surface area contributed by atoms with Crippen LogP contribution in [0.3, 0.4) is 0 Å². The molecule has 0 amide bonds. The van der Waals surface area contributed by atoms with E-state index in [1.54, 1.807) is 11.8 Å². The first-order valence-corrected chi connectivity index (χ1v) is 7.65. The highest BCUT2D eigenvalue weighted by atomic mass is 32.2. The van der Waals surface area contributed by atoms with E-state index in [0.29, 0.717) is 0 Å². The smallest absolute Gasteiger partial charge is 0.159 e. The zero-order valence-electron chi connectivity index (χ0n) is 11.6. The normalized spacial score (nSPS) is 10.7. The van der Waals surface area contributed by atoms with Gasteiger partial charge in [0.15, 0.2) is 5.82 Å². The Morgan fingerprint density at radius 1 is 1.16 bits per heavy atom. The van der Waals surface area contributed by atoms with Crippen molar-refractivity contribution in [3.05, 3.63) is 41.7 Å². The molecule has 4 heteroatoms. The maximum Gasteiger partial charge on any atom is 0.159 e. The van der Waals surface area contributed by atoms with Gasteiger partial charge >= 0.3 is 0 Å². The Bertz CT molecular complexity index is 538. The lowest BCUT2D eigenvalue weighted by molar-refractivity contribution is 0.708. The number of rotatable bonds is 5. The van der Waals surface area contributed by atoms with Gasteiger partial charge in [-0.05, 0) is 37.9 Å². The summed E-state index contributed by atoms with van der Waals surface area (Å²) in [7, 11) is 0. The number of benzene rings is 1. The Kier molecular flexibility index (Phi) is 4.93. The maximum absolute atomic E-state index is 4.62. The number of nitrogens with zero attached hydrogens (tertiary/aromatic N) is 2. The van der Waals surface area contributed by atoms with Crippen LogP contribution in [0.2, 0.25) is 0 Å². The van der Waals surface area contributed by atoms with Crippen LogP contribution in [-0.4, -0.2) is 22.8 Å². The van der Waals surface area contributed by atoms with Crippen LogP contribution in [0.4, 0.5) is 0 Å². The van der Waals surface area contributed by atoms with Crippen molar-refractivity contribution in [1.29, 1.82) is 0 Å². The summed E-state index contributed by atoms with van der Waals surface area (Å²) in [6.07, 6.45) is 2.08. The van der Waals surface area contributed by atoms with Gasteiger partial charge in [-0.2, -0.15) is 0 Å².